The van der Waals surface area contributed by atoms with Crippen molar-refractivity contribution in [2.45, 2.75) is 52.0 Å². The van der Waals surface area contributed by atoms with Gasteiger partial charge in [0.25, 0.3) is 5.91 Å². The Hall–Kier alpha value is -2.24. The normalized spacial score (nSPS) is 17.2. The molecule has 1 aromatic rings. The van der Waals surface area contributed by atoms with E-state index in [4.69, 9.17) is 9.47 Å². The third-order valence-electron chi connectivity index (χ3n) is 4.16. The highest BCUT2D eigenvalue weighted by Crippen LogP contribution is 2.30. The van der Waals surface area contributed by atoms with Crippen molar-refractivity contribution in [3.05, 3.63) is 23.8 Å². The summed E-state index contributed by atoms with van der Waals surface area (Å²) < 4.78 is 11.4. The van der Waals surface area contributed by atoms with Crippen LogP contribution in [0.5, 0.6) is 11.5 Å². The number of likely N-dealkylation sites (tertiary alicyclic amines) is 1. The Kier molecular flexibility index (Phi) is 7.10. The summed E-state index contributed by atoms with van der Waals surface area (Å²) in [7, 11) is 0. The molecule has 1 saturated heterocycles. The summed E-state index contributed by atoms with van der Waals surface area (Å²) in [5.41, 5.74) is 0.433. The van der Waals surface area contributed by atoms with E-state index >= 15 is 0 Å². The van der Waals surface area contributed by atoms with Crippen LogP contribution < -0.4 is 9.47 Å². The predicted molar refractivity (Wildman–Crippen MR) is 94.3 cm³/mol. The standard InChI is InChI=1S/C19H27NO5/c1-3-11-24-16-9-8-14(13-17(16)25-12-4-2)18(21)20-10-6-5-7-15(20)19(22)23/h8-9,13,15H,3-7,10-12H2,1-2H3,(H,22,23)/t15-/m1/s1. The average Bonchev–Trinajstić information content (AvgIpc) is 2.64. The summed E-state index contributed by atoms with van der Waals surface area (Å²) in [5.74, 6) is -0.0702. The lowest BCUT2D eigenvalue weighted by atomic mass is 10.0. The van der Waals surface area contributed by atoms with E-state index < -0.39 is 12.0 Å². The van der Waals surface area contributed by atoms with Crippen molar-refractivity contribution in [1.82, 2.24) is 4.90 Å². The summed E-state index contributed by atoms with van der Waals surface area (Å²) in [6, 6.07) is 4.32. The van der Waals surface area contributed by atoms with Crippen molar-refractivity contribution >= 4 is 11.9 Å². The predicted octanol–water partition coefficient (Wildman–Crippen LogP) is 3.34. The maximum atomic E-state index is 12.8. The first-order chi connectivity index (χ1) is 12.1. The zero-order chi connectivity index (χ0) is 18.2. The molecule has 1 fully saturated rings. The number of nitrogens with zero attached hydrogens (tertiary/aromatic N) is 1. The summed E-state index contributed by atoms with van der Waals surface area (Å²) in [6.45, 7) is 5.60. The van der Waals surface area contributed by atoms with Gasteiger partial charge in [0.05, 0.1) is 13.2 Å². The van der Waals surface area contributed by atoms with Crippen LogP contribution in [0.1, 0.15) is 56.3 Å². The number of hydrogen-bond acceptors (Lipinski definition) is 4. The van der Waals surface area contributed by atoms with Crippen LogP contribution in [-0.2, 0) is 4.79 Å². The zero-order valence-corrected chi connectivity index (χ0v) is 15.0. The van der Waals surface area contributed by atoms with Crippen LogP contribution in [0.25, 0.3) is 0 Å². The smallest absolute Gasteiger partial charge is 0.326 e. The number of ether oxygens (including phenoxy) is 2. The summed E-state index contributed by atoms with van der Waals surface area (Å²) in [5, 5.41) is 9.38. The van der Waals surface area contributed by atoms with Crippen LogP contribution in [-0.4, -0.2) is 47.7 Å². The number of hydrogen-bond donors (Lipinski definition) is 1. The molecular formula is C19H27NO5. The molecule has 0 bridgehead atoms. The number of carbonyl (C=O) groups is 2. The zero-order valence-electron chi connectivity index (χ0n) is 15.0. The van der Waals surface area contributed by atoms with Gasteiger partial charge in [-0.1, -0.05) is 13.8 Å². The Balaban J connectivity index is 2.24. The van der Waals surface area contributed by atoms with Crippen LogP contribution in [0.2, 0.25) is 0 Å². The third kappa shape index (κ3) is 4.87. The van der Waals surface area contributed by atoms with Gasteiger partial charge in [-0.05, 0) is 50.3 Å². The molecule has 1 atom stereocenters. The Morgan fingerprint density at radius 3 is 2.44 bits per heavy atom. The molecule has 1 heterocycles. The van der Waals surface area contributed by atoms with Crippen LogP contribution >= 0.6 is 0 Å². The molecular weight excluding hydrogens is 322 g/mol. The van der Waals surface area contributed by atoms with Crippen molar-refractivity contribution in [2.24, 2.45) is 0 Å². The first-order valence-corrected chi connectivity index (χ1v) is 9.01. The Morgan fingerprint density at radius 1 is 1.12 bits per heavy atom. The van der Waals surface area contributed by atoms with Gasteiger partial charge in [0.15, 0.2) is 11.5 Å². The average molecular weight is 349 g/mol. The number of amides is 1. The number of piperidine rings is 1. The number of benzene rings is 1. The molecule has 138 valence electrons. The number of rotatable bonds is 8. The second-order valence-electron chi connectivity index (χ2n) is 6.21. The topological polar surface area (TPSA) is 76.1 Å². The van der Waals surface area contributed by atoms with Gasteiger partial charge in [-0.15, -0.1) is 0 Å². The number of carbonyl (C=O) groups excluding carboxylic acids is 1. The van der Waals surface area contributed by atoms with E-state index in [0.29, 0.717) is 43.2 Å². The van der Waals surface area contributed by atoms with Crippen molar-refractivity contribution in [3.8, 4) is 11.5 Å². The van der Waals surface area contributed by atoms with E-state index in [2.05, 4.69) is 0 Å². The van der Waals surface area contributed by atoms with Gasteiger partial charge >= 0.3 is 5.97 Å². The molecule has 1 aliphatic rings. The first-order valence-electron chi connectivity index (χ1n) is 9.01. The molecule has 1 aliphatic heterocycles. The quantitative estimate of drug-likeness (QED) is 0.779. The molecule has 1 aromatic carbocycles. The summed E-state index contributed by atoms with van der Waals surface area (Å²) in [4.78, 5) is 25.7. The highest BCUT2D eigenvalue weighted by Gasteiger charge is 2.32. The van der Waals surface area contributed by atoms with E-state index in [1.807, 2.05) is 13.8 Å². The molecule has 6 heteroatoms. The van der Waals surface area contributed by atoms with Gasteiger partial charge in [0.2, 0.25) is 0 Å². The molecule has 0 spiro atoms. The second-order valence-corrected chi connectivity index (χ2v) is 6.21. The Morgan fingerprint density at radius 2 is 1.80 bits per heavy atom. The van der Waals surface area contributed by atoms with E-state index in [1.165, 1.54) is 4.90 Å². The monoisotopic (exact) mass is 349 g/mol. The first kappa shape index (κ1) is 19.1. The van der Waals surface area contributed by atoms with Crippen LogP contribution in [0.4, 0.5) is 0 Å². The van der Waals surface area contributed by atoms with Gasteiger partial charge in [0, 0.05) is 12.1 Å². The fourth-order valence-corrected chi connectivity index (χ4v) is 2.89. The fraction of sp³-hybridized carbons (Fsp3) is 0.579. The van der Waals surface area contributed by atoms with E-state index in [0.717, 1.165) is 25.7 Å². The molecule has 0 saturated carbocycles. The fourth-order valence-electron chi connectivity index (χ4n) is 2.89. The molecule has 6 nitrogen and oxygen atoms in total. The minimum Gasteiger partial charge on any atom is -0.490 e. The van der Waals surface area contributed by atoms with Gasteiger partial charge in [-0.2, -0.15) is 0 Å². The highest BCUT2D eigenvalue weighted by atomic mass is 16.5. The van der Waals surface area contributed by atoms with Crippen molar-refractivity contribution < 1.29 is 24.2 Å². The molecule has 0 aromatic heterocycles. The molecule has 2 rings (SSSR count). The lowest BCUT2D eigenvalue weighted by Crippen LogP contribution is -2.47. The minimum atomic E-state index is -0.946. The summed E-state index contributed by atoms with van der Waals surface area (Å²) in [6.07, 6.45) is 3.88. The molecule has 0 aliphatic carbocycles. The van der Waals surface area contributed by atoms with Crippen LogP contribution in [0.15, 0.2) is 18.2 Å². The number of carboxylic acid groups (broad SMARTS) is 1. The maximum Gasteiger partial charge on any atom is 0.326 e. The van der Waals surface area contributed by atoms with Gasteiger partial charge in [0.1, 0.15) is 6.04 Å². The van der Waals surface area contributed by atoms with Crippen LogP contribution in [0.3, 0.4) is 0 Å². The molecule has 25 heavy (non-hydrogen) atoms. The van der Waals surface area contributed by atoms with Gasteiger partial charge < -0.3 is 19.5 Å². The molecule has 1 amide bonds. The van der Waals surface area contributed by atoms with Gasteiger partial charge in [-0.3, -0.25) is 4.79 Å². The maximum absolute atomic E-state index is 12.8. The molecule has 0 radical (unpaired) electrons. The number of aliphatic carboxylic acids is 1. The van der Waals surface area contributed by atoms with E-state index in [-0.39, 0.29) is 5.91 Å². The Labute approximate surface area is 148 Å². The van der Waals surface area contributed by atoms with Crippen molar-refractivity contribution in [1.29, 1.82) is 0 Å². The second kappa shape index (κ2) is 9.30. The third-order valence-corrected chi connectivity index (χ3v) is 4.16. The minimum absolute atomic E-state index is 0.268. The Bertz CT molecular complexity index is 601. The van der Waals surface area contributed by atoms with E-state index in [1.54, 1.807) is 18.2 Å². The van der Waals surface area contributed by atoms with Crippen LogP contribution in [0, 0.1) is 0 Å². The lowest BCUT2D eigenvalue weighted by Gasteiger charge is -2.33. The SMILES string of the molecule is CCCOc1ccc(C(=O)N2CCCC[C@@H]2C(=O)O)cc1OCCC. The summed E-state index contributed by atoms with van der Waals surface area (Å²) >= 11 is 0. The van der Waals surface area contributed by atoms with Gasteiger partial charge in [-0.25, -0.2) is 4.79 Å². The van der Waals surface area contributed by atoms with Crippen molar-refractivity contribution in [2.75, 3.05) is 19.8 Å². The lowest BCUT2D eigenvalue weighted by molar-refractivity contribution is -0.143. The molecule has 1 N–H and O–H groups in total. The number of carboxylic acids is 1. The van der Waals surface area contributed by atoms with Crippen molar-refractivity contribution in [3.63, 3.8) is 0 Å². The van der Waals surface area contributed by atoms with E-state index in [9.17, 15) is 14.7 Å². The highest BCUT2D eigenvalue weighted by molar-refractivity contribution is 5.97. The molecule has 0 unspecified atom stereocenters. The largest absolute Gasteiger partial charge is 0.490 e.